The minimum Gasteiger partial charge on any atom is -0.322 e. The Bertz CT molecular complexity index is 870. The van der Waals surface area contributed by atoms with Crippen LogP contribution in [0, 0.1) is 0 Å². The van der Waals surface area contributed by atoms with Crippen LogP contribution >= 0.6 is 23.2 Å². The number of unbranched alkanes of at least 4 members (excludes halogenated alkanes) is 1. The molecule has 25 heavy (non-hydrogen) atoms. The van der Waals surface area contributed by atoms with Crippen LogP contribution in [-0.4, -0.2) is 20.9 Å². The van der Waals surface area contributed by atoms with Gasteiger partial charge in [0.25, 0.3) is 5.91 Å². The number of hydrogen-bond acceptors (Lipinski definition) is 3. The second kappa shape index (κ2) is 8.67. The Balaban J connectivity index is 2.17. The van der Waals surface area contributed by atoms with Crippen LogP contribution in [0.1, 0.15) is 30.1 Å². The van der Waals surface area contributed by atoms with Gasteiger partial charge in [0, 0.05) is 17.3 Å². The Kier molecular flexibility index (Phi) is 6.84. The zero-order valence-electron chi connectivity index (χ0n) is 13.6. The molecule has 0 aliphatic carbocycles. The van der Waals surface area contributed by atoms with Crippen molar-refractivity contribution in [1.29, 1.82) is 0 Å². The van der Waals surface area contributed by atoms with Crippen molar-refractivity contribution < 1.29 is 13.2 Å². The highest BCUT2D eigenvalue weighted by Crippen LogP contribution is 2.23. The standard InChI is InChI=1S/C17H18Cl2N2O3S/c1-2-3-9-20-25(23,24)14-6-4-5-13(11-14)21-17(22)15-8-7-12(18)10-16(15)19/h4-8,10-11,20H,2-3,9H2,1H3,(H,21,22). The monoisotopic (exact) mass is 400 g/mol. The third kappa shape index (κ3) is 5.44. The Morgan fingerprint density at radius 3 is 2.56 bits per heavy atom. The second-order valence-corrected chi connectivity index (χ2v) is 7.97. The molecule has 0 unspecified atom stereocenters. The lowest BCUT2D eigenvalue weighted by atomic mass is 10.2. The van der Waals surface area contributed by atoms with Gasteiger partial charge in [-0.15, -0.1) is 0 Å². The SMILES string of the molecule is CCCCNS(=O)(=O)c1cccc(NC(=O)c2ccc(Cl)cc2Cl)c1. The largest absolute Gasteiger partial charge is 0.322 e. The molecule has 0 aliphatic rings. The summed E-state index contributed by atoms with van der Waals surface area (Å²) < 4.78 is 27.0. The molecule has 0 aromatic heterocycles. The van der Waals surface area contributed by atoms with Crippen LogP contribution in [0.25, 0.3) is 0 Å². The minimum atomic E-state index is -3.61. The van der Waals surface area contributed by atoms with Crippen molar-refractivity contribution >= 4 is 44.8 Å². The van der Waals surface area contributed by atoms with Gasteiger partial charge in [-0.1, -0.05) is 42.6 Å². The zero-order chi connectivity index (χ0) is 18.4. The van der Waals surface area contributed by atoms with Crippen molar-refractivity contribution in [2.24, 2.45) is 0 Å². The summed E-state index contributed by atoms with van der Waals surface area (Å²) >= 11 is 11.8. The van der Waals surface area contributed by atoms with E-state index in [2.05, 4.69) is 10.0 Å². The average molecular weight is 401 g/mol. The Hall–Kier alpha value is -1.60. The molecular formula is C17H18Cl2N2O3S. The number of halogens is 2. The van der Waals surface area contributed by atoms with Crippen molar-refractivity contribution in [2.75, 3.05) is 11.9 Å². The molecule has 1 amide bonds. The van der Waals surface area contributed by atoms with E-state index in [1.807, 2.05) is 6.92 Å². The quantitative estimate of drug-likeness (QED) is 0.679. The van der Waals surface area contributed by atoms with E-state index in [1.54, 1.807) is 18.2 Å². The second-order valence-electron chi connectivity index (χ2n) is 5.36. The smallest absolute Gasteiger partial charge is 0.257 e. The number of amides is 1. The summed E-state index contributed by atoms with van der Waals surface area (Å²) in [6, 6.07) is 10.6. The van der Waals surface area contributed by atoms with E-state index >= 15 is 0 Å². The molecule has 5 nitrogen and oxygen atoms in total. The van der Waals surface area contributed by atoms with Crippen LogP contribution in [0.4, 0.5) is 5.69 Å². The number of carbonyl (C=O) groups is 1. The van der Waals surface area contributed by atoms with Crippen LogP contribution in [-0.2, 0) is 10.0 Å². The van der Waals surface area contributed by atoms with Gasteiger partial charge < -0.3 is 5.32 Å². The summed E-state index contributed by atoms with van der Waals surface area (Å²) in [5.41, 5.74) is 0.606. The molecule has 0 saturated heterocycles. The Labute approximate surface area is 157 Å². The lowest BCUT2D eigenvalue weighted by Crippen LogP contribution is -2.24. The van der Waals surface area contributed by atoms with Gasteiger partial charge >= 0.3 is 0 Å². The topological polar surface area (TPSA) is 75.3 Å². The van der Waals surface area contributed by atoms with Crippen LogP contribution in [0.2, 0.25) is 10.0 Å². The van der Waals surface area contributed by atoms with E-state index in [1.165, 1.54) is 24.3 Å². The normalized spacial score (nSPS) is 11.3. The summed E-state index contributed by atoms with van der Waals surface area (Å²) in [6.45, 7) is 2.35. The summed E-state index contributed by atoms with van der Waals surface area (Å²) in [7, 11) is -3.61. The molecule has 0 fully saturated rings. The van der Waals surface area contributed by atoms with Gasteiger partial charge in [-0.2, -0.15) is 0 Å². The molecule has 0 radical (unpaired) electrons. The predicted octanol–water partition coefficient (Wildman–Crippen LogP) is 4.32. The van der Waals surface area contributed by atoms with Gasteiger partial charge in [-0.25, -0.2) is 13.1 Å². The van der Waals surface area contributed by atoms with Gasteiger partial charge in [-0.05, 0) is 42.8 Å². The lowest BCUT2D eigenvalue weighted by molar-refractivity contribution is 0.102. The molecule has 2 rings (SSSR count). The Morgan fingerprint density at radius 1 is 1.12 bits per heavy atom. The van der Waals surface area contributed by atoms with E-state index in [0.717, 1.165) is 12.8 Å². The van der Waals surface area contributed by atoms with Gasteiger partial charge in [0.05, 0.1) is 15.5 Å². The van der Waals surface area contributed by atoms with Crippen LogP contribution in [0.5, 0.6) is 0 Å². The van der Waals surface area contributed by atoms with Crippen LogP contribution in [0.15, 0.2) is 47.4 Å². The van der Waals surface area contributed by atoms with E-state index in [0.29, 0.717) is 17.3 Å². The number of benzene rings is 2. The third-order valence-electron chi connectivity index (χ3n) is 3.40. The molecule has 2 aromatic rings. The fourth-order valence-corrected chi connectivity index (χ4v) is 3.69. The number of carbonyl (C=O) groups excluding carboxylic acids is 1. The number of rotatable bonds is 7. The number of anilines is 1. The van der Waals surface area contributed by atoms with Crippen LogP contribution in [0.3, 0.4) is 0 Å². The molecule has 0 atom stereocenters. The minimum absolute atomic E-state index is 0.0867. The first kappa shape index (κ1) is 19.7. The first-order valence-electron chi connectivity index (χ1n) is 7.69. The molecular weight excluding hydrogens is 383 g/mol. The maximum absolute atomic E-state index is 12.3. The number of sulfonamides is 1. The van der Waals surface area contributed by atoms with Crippen molar-refractivity contribution in [3.8, 4) is 0 Å². The van der Waals surface area contributed by atoms with Crippen molar-refractivity contribution in [2.45, 2.75) is 24.7 Å². The van der Waals surface area contributed by atoms with Gasteiger partial charge in [-0.3, -0.25) is 4.79 Å². The highest BCUT2D eigenvalue weighted by Gasteiger charge is 2.15. The van der Waals surface area contributed by atoms with Crippen molar-refractivity contribution in [3.05, 3.63) is 58.1 Å². The van der Waals surface area contributed by atoms with Gasteiger partial charge in [0.1, 0.15) is 0 Å². The maximum atomic E-state index is 12.3. The van der Waals surface area contributed by atoms with Gasteiger partial charge in [0.15, 0.2) is 0 Å². The number of nitrogens with one attached hydrogen (secondary N) is 2. The summed E-state index contributed by atoms with van der Waals surface area (Å²) in [4.78, 5) is 12.4. The summed E-state index contributed by atoms with van der Waals surface area (Å²) in [5.74, 6) is -0.449. The van der Waals surface area contributed by atoms with Crippen molar-refractivity contribution in [3.63, 3.8) is 0 Å². The maximum Gasteiger partial charge on any atom is 0.257 e. The highest BCUT2D eigenvalue weighted by molar-refractivity contribution is 7.89. The first-order valence-corrected chi connectivity index (χ1v) is 9.93. The lowest BCUT2D eigenvalue weighted by Gasteiger charge is -2.10. The fraction of sp³-hybridized carbons (Fsp3) is 0.235. The van der Waals surface area contributed by atoms with Crippen LogP contribution < -0.4 is 10.0 Å². The molecule has 0 spiro atoms. The summed E-state index contributed by atoms with van der Waals surface area (Å²) in [5, 5.41) is 3.28. The zero-order valence-corrected chi connectivity index (χ0v) is 15.9. The van der Waals surface area contributed by atoms with Crippen molar-refractivity contribution in [1.82, 2.24) is 4.72 Å². The first-order chi connectivity index (χ1) is 11.8. The predicted molar refractivity (Wildman–Crippen MR) is 101 cm³/mol. The molecule has 0 heterocycles. The molecule has 134 valence electrons. The van der Waals surface area contributed by atoms with E-state index < -0.39 is 15.9 Å². The van der Waals surface area contributed by atoms with E-state index in [9.17, 15) is 13.2 Å². The average Bonchev–Trinajstić information content (AvgIpc) is 2.55. The van der Waals surface area contributed by atoms with E-state index in [-0.39, 0.29) is 15.5 Å². The molecule has 0 bridgehead atoms. The molecule has 0 aliphatic heterocycles. The molecule has 2 aromatic carbocycles. The molecule has 0 saturated carbocycles. The fourth-order valence-electron chi connectivity index (χ4n) is 2.08. The third-order valence-corrected chi connectivity index (χ3v) is 5.41. The van der Waals surface area contributed by atoms with E-state index in [4.69, 9.17) is 23.2 Å². The van der Waals surface area contributed by atoms with Gasteiger partial charge in [0.2, 0.25) is 10.0 Å². The molecule has 2 N–H and O–H groups in total. The number of hydrogen-bond donors (Lipinski definition) is 2. The highest BCUT2D eigenvalue weighted by atomic mass is 35.5. The summed E-state index contributed by atoms with van der Waals surface area (Å²) in [6.07, 6.45) is 1.64. The Morgan fingerprint density at radius 2 is 1.88 bits per heavy atom. The molecule has 8 heteroatoms.